The average Bonchev–Trinajstić information content (AvgIpc) is 2.65. The van der Waals surface area contributed by atoms with Gasteiger partial charge in [-0.25, -0.2) is 13.8 Å². The van der Waals surface area contributed by atoms with Crippen LogP contribution in [0.15, 0.2) is 94.2 Å². The molecule has 4 heteroatoms. The molecule has 0 spiro atoms. The van der Waals surface area contributed by atoms with Gasteiger partial charge < -0.3 is 0 Å². The summed E-state index contributed by atoms with van der Waals surface area (Å²) in [5, 5.41) is 1.83. The summed E-state index contributed by atoms with van der Waals surface area (Å²) in [5.41, 5.74) is 2.37. The normalized spacial score (nSPS) is 11.9. The Morgan fingerprint density at radius 3 is 2.38 bits per heavy atom. The van der Waals surface area contributed by atoms with Crippen LogP contribution < -0.4 is 0 Å². The minimum atomic E-state index is -0.508. The fourth-order valence-electron chi connectivity index (χ4n) is 2.32. The smallest absolute Gasteiger partial charge is 0.132 e. The summed E-state index contributed by atoms with van der Waals surface area (Å²) in [7, 11) is 0. The summed E-state index contributed by atoms with van der Waals surface area (Å²) in [6.45, 7) is 2.03. The van der Waals surface area contributed by atoms with Crippen LogP contribution in [0.5, 0.6) is 0 Å². The van der Waals surface area contributed by atoms with Crippen molar-refractivity contribution in [2.24, 2.45) is 4.99 Å². The molecule has 26 heavy (non-hydrogen) atoms. The first-order valence-corrected chi connectivity index (χ1v) is 8.99. The predicted molar refractivity (Wildman–Crippen MR) is 105 cm³/mol. The van der Waals surface area contributed by atoms with E-state index in [1.165, 1.54) is 17.3 Å². The highest BCUT2D eigenvalue weighted by Gasteiger charge is 2.09. The lowest BCUT2D eigenvalue weighted by atomic mass is 10.1. The topological polar surface area (TPSA) is 12.4 Å². The van der Waals surface area contributed by atoms with Crippen molar-refractivity contribution in [2.75, 3.05) is 0 Å². The SMILES string of the molecule is Cc1ccc(S/C=C/C(=Nc2ccccc2)c2cc(F)ccc2F)cc1. The van der Waals surface area contributed by atoms with Crippen molar-refractivity contribution in [3.05, 3.63) is 107 Å². The third-order valence-electron chi connectivity index (χ3n) is 3.66. The number of hydrogen-bond acceptors (Lipinski definition) is 2. The number of thioether (sulfide) groups is 1. The fraction of sp³-hybridized carbons (Fsp3) is 0.0455. The molecule has 0 saturated heterocycles. The molecule has 130 valence electrons. The van der Waals surface area contributed by atoms with Crippen molar-refractivity contribution in [3.63, 3.8) is 0 Å². The van der Waals surface area contributed by atoms with Gasteiger partial charge in [-0.05, 0) is 60.9 Å². The van der Waals surface area contributed by atoms with Crippen molar-refractivity contribution in [2.45, 2.75) is 11.8 Å². The summed E-state index contributed by atoms with van der Waals surface area (Å²) in [5.74, 6) is -1.01. The molecular weight excluding hydrogens is 348 g/mol. The van der Waals surface area contributed by atoms with Crippen molar-refractivity contribution in [1.82, 2.24) is 0 Å². The lowest BCUT2D eigenvalue weighted by Gasteiger charge is -2.05. The van der Waals surface area contributed by atoms with Crippen LogP contribution in [0.4, 0.5) is 14.5 Å². The Morgan fingerprint density at radius 2 is 1.65 bits per heavy atom. The first-order valence-electron chi connectivity index (χ1n) is 8.11. The van der Waals surface area contributed by atoms with E-state index >= 15 is 0 Å². The van der Waals surface area contributed by atoms with Gasteiger partial charge in [0.1, 0.15) is 11.6 Å². The largest absolute Gasteiger partial charge is 0.248 e. The van der Waals surface area contributed by atoms with Crippen LogP contribution >= 0.6 is 11.8 Å². The van der Waals surface area contributed by atoms with E-state index in [1.807, 2.05) is 66.9 Å². The Balaban J connectivity index is 1.92. The number of halogens is 2. The highest BCUT2D eigenvalue weighted by atomic mass is 32.2. The van der Waals surface area contributed by atoms with Gasteiger partial charge in [0.05, 0.1) is 11.4 Å². The van der Waals surface area contributed by atoms with Crippen LogP contribution in [0.1, 0.15) is 11.1 Å². The van der Waals surface area contributed by atoms with Crippen LogP contribution in [0, 0.1) is 18.6 Å². The van der Waals surface area contributed by atoms with Gasteiger partial charge in [-0.15, -0.1) is 0 Å². The molecule has 0 radical (unpaired) electrons. The molecule has 0 amide bonds. The van der Waals surface area contributed by atoms with Gasteiger partial charge in [-0.2, -0.15) is 0 Å². The third-order valence-corrected chi connectivity index (χ3v) is 4.48. The molecule has 1 nitrogen and oxygen atoms in total. The van der Waals surface area contributed by atoms with E-state index in [0.717, 1.165) is 23.1 Å². The number of allylic oxidation sites excluding steroid dienone is 1. The Labute approximate surface area is 156 Å². The van der Waals surface area contributed by atoms with Gasteiger partial charge in [0.15, 0.2) is 0 Å². The monoisotopic (exact) mass is 365 g/mol. The quantitative estimate of drug-likeness (QED) is 0.362. The standard InChI is InChI=1S/C22H17F2NS/c1-16-7-10-19(11-8-16)26-14-13-22(25-18-5-3-2-4-6-18)20-15-17(23)9-12-21(20)24/h2-15H,1H3/b14-13+,25-22?. The molecule has 0 aromatic heterocycles. The molecule has 0 saturated carbocycles. The third kappa shape index (κ3) is 4.90. The summed E-state index contributed by atoms with van der Waals surface area (Å²) >= 11 is 1.50. The lowest BCUT2D eigenvalue weighted by Crippen LogP contribution is -2.01. The second-order valence-electron chi connectivity index (χ2n) is 5.69. The number of aryl methyl sites for hydroxylation is 1. The first-order chi connectivity index (χ1) is 12.6. The minimum absolute atomic E-state index is 0.134. The highest BCUT2D eigenvalue weighted by Crippen LogP contribution is 2.22. The van der Waals surface area contributed by atoms with Crippen LogP contribution in [-0.4, -0.2) is 5.71 Å². The second-order valence-corrected chi connectivity index (χ2v) is 6.67. The second kappa shape index (κ2) is 8.59. The van der Waals surface area contributed by atoms with Gasteiger partial charge in [0.25, 0.3) is 0 Å². The predicted octanol–water partition coefficient (Wildman–Crippen LogP) is 6.70. The number of rotatable bonds is 5. The van der Waals surface area contributed by atoms with Gasteiger partial charge in [0, 0.05) is 10.5 Å². The zero-order chi connectivity index (χ0) is 18.4. The summed E-state index contributed by atoms with van der Waals surface area (Å²) in [4.78, 5) is 5.55. The van der Waals surface area contributed by atoms with Crippen molar-refractivity contribution in [3.8, 4) is 0 Å². The highest BCUT2D eigenvalue weighted by molar-refractivity contribution is 8.02. The van der Waals surface area contributed by atoms with Gasteiger partial charge in [-0.1, -0.05) is 47.7 Å². The van der Waals surface area contributed by atoms with Gasteiger partial charge in [0.2, 0.25) is 0 Å². The first kappa shape index (κ1) is 18.1. The van der Waals surface area contributed by atoms with Crippen molar-refractivity contribution in [1.29, 1.82) is 0 Å². The maximum atomic E-state index is 14.2. The minimum Gasteiger partial charge on any atom is -0.248 e. The van der Waals surface area contributed by atoms with Crippen LogP contribution in [-0.2, 0) is 0 Å². The molecule has 3 rings (SSSR count). The van der Waals surface area contributed by atoms with Crippen LogP contribution in [0.2, 0.25) is 0 Å². The molecule has 0 N–H and O–H groups in total. The molecule has 0 aliphatic heterocycles. The molecule has 0 fully saturated rings. The maximum absolute atomic E-state index is 14.2. The lowest BCUT2D eigenvalue weighted by molar-refractivity contribution is 0.598. The fourth-order valence-corrected chi connectivity index (χ4v) is 2.96. The van der Waals surface area contributed by atoms with Crippen molar-refractivity contribution < 1.29 is 8.78 Å². The van der Waals surface area contributed by atoms with E-state index in [4.69, 9.17) is 0 Å². The number of benzene rings is 3. The van der Waals surface area contributed by atoms with E-state index in [0.29, 0.717) is 11.4 Å². The molecule has 0 aliphatic carbocycles. The zero-order valence-electron chi connectivity index (χ0n) is 14.2. The summed E-state index contributed by atoms with van der Waals surface area (Å²) < 4.78 is 27.8. The molecule has 0 bridgehead atoms. The van der Waals surface area contributed by atoms with E-state index in [9.17, 15) is 8.78 Å². The number of nitrogens with zero attached hydrogens (tertiary/aromatic N) is 1. The van der Waals surface area contributed by atoms with E-state index in [2.05, 4.69) is 4.99 Å². The molecule has 0 heterocycles. The Hall–Kier alpha value is -2.72. The number of hydrogen-bond donors (Lipinski definition) is 0. The Morgan fingerprint density at radius 1 is 0.923 bits per heavy atom. The zero-order valence-corrected chi connectivity index (χ0v) is 15.0. The Kier molecular flexibility index (Phi) is 5.97. The van der Waals surface area contributed by atoms with Gasteiger partial charge >= 0.3 is 0 Å². The number of para-hydroxylation sites is 1. The molecule has 0 atom stereocenters. The number of aliphatic imine (C=N–C) groups is 1. The van der Waals surface area contributed by atoms with E-state index in [-0.39, 0.29) is 5.56 Å². The molecule has 0 unspecified atom stereocenters. The average molecular weight is 365 g/mol. The molecule has 3 aromatic carbocycles. The molecular formula is C22H17F2NS. The van der Waals surface area contributed by atoms with Crippen molar-refractivity contribution >= 4 is 23.2 Å². The van der Waals surface area contributed by atoms with E-state index in [1.54, 1.807) is 6.08 Å². The van der Waals surface area contributed by atoms with Gasteiger partial charge in [-0.3, -0.25) is 0 Å². The summed E-state index contributed by atoms with van der Waals surface area (Å²) in [6, 6.07) is 20.7. The maximum Gasteiger partial charge on any atom is 0.132 e. The molecule has 3 aromatic rings. The Bertz CT molecular complexity index is 932. The van der Waals surface area contributed by atoms with Crippen LogP contribution in [0.3, 0.4) is 0 Å². The van der Waals surface area contributed by atoms with Crippen LogP contribution in [0.25, 0.3) is 0 Å². The summed E-state index contributed by atoms with van der Waals surface area (Å²) in [6.07, 6.45) is 1.70. The molecule has 0 aliphatic rings. The van der Waals surface area contributed by atoms with E-state index < -0.39 is 11.6 Å².